The molecule has 27 heavy (non-hydrogen) atoms. The first kappa shape index (κ1) is 19.3. The predicted octanol–water partition coefficient (Wildman–Crippen LogP) is 2.60. The SMILES string of the molecule is CC(=O)Nc1cccc(N2CCN(S(=O)(=O)c3ccc(F)cc3C)CC2)c1. The summed E-state index contributed by atoms with van der Waals surface area (Å²) >= 11 is 0. The van der Waals surface area contributed by atoms with Gasteiger partial charge >= 0.3 is 0 Å². The summed E-state index contributed by atoms with van der Waals surface area (Å²) in [4.78, 5) is 13.4. The Morgan fingerprint density at radius 1 is 1.07 bits per heavy atom. The largest absolute Gasteiger partial charge is 0.369 e. The van der Waals surface area contributed by atoms with E-state index in [4.69, 9.17) is 0 Å². The summed E-state index contributed by atoms with van der Waals surface area (Å²) < 4.78 is 40.5. The zero-order valence-corrected chi connectivity index (χ0v) is 16.1. The Kier molecular flexibility index (Phi) is 5.48. The number of nitrogens with one attached hydrogen (secondary N) is 1. The fourth-order valence-corrected chi connectivity index (χ4v) is 4.84. The van der Waals surface area contributed by atoms with Crippen LogP contribution in [0.1, 0.15) is 12.5 Å². The average molecular weight is 391 g/mol. The Hall–Kier alpha value is -2.45. The lowest BCUT2D eigenvalue weighted by atomic mass is 10.2. The lowest BCUT2D eigenvalue weighted by molar-refractivity contribution is -0.114. The van der Waals surface area contributed by atoms with Crippen LogP contribution in [0.5, 0.6) is 0 Å². The van der Waals surface area contributed by atoms with Crippen LogP contribution in [0, 0.1) is 12.7 Å². The van der Waals surface area contributed by atoms with E-state index in [0.717, 1.165) is 5.69 Å². The maximum absolute atomic E-state index is 13.3. The molecule has 0 radical (unpaired) electrons. The van der Waals surface area contributed by atoms with Gasteiger partial charge in [0.05, 0.1) is 4.90 Å². The van der Waals surface area contributed by atoms with E-state index in [1.54, 1.807) is 6.92 Å². The minimum Gasteiger partial charge on any atom is -0.369 e. The van der Waals surface area contributed by atoms with Gasteiger partial charge in [0.1, 0.15) is 5.82 Å². The number of piperazine rings is 1. The molecule has 1 aliphatic heterocycles. The molecule has 1 heterocycles. The number of benzene rings is 2. The third-order valence-corrected chi connectivity index (χ3v) is 6.58. The third kappa shape index (κ3) is 4.28. The van der Waals surface area contributed by atoms with Gasteiger partial charge in [0.2, 0.25) is 15.9 Å². The van der Waals surface area contributed by atoms with E-state index in [-0.39, 0.29) is 10.8 Å². The second-order valence-corrected chi connectivity index (χ2v) is 8.44. The first-order valence-electron chi connectivity index (χ1n) is 8.66. The molecule has 1 aliphatic rings. The molecule has 6 nitrogen and oxygen atoms in total. The van der Waals surface area contributed by atoms with E-state index in [0.29, 0.717) is 37.4 Å². The van der Waals surface area contributed by atoms with Crippen LogP contribution in [0.4, 0.5) is 15.8 Å². The lowest BCUT2D eigenvalue weighted by Gasteiger charge is -2.35. The molecule has 2 aromatic carbocycles. The van der Waals surface area contributed by atoms with Gasteiger partial charge in [-0.1, -0.05) is 6.07 Å². The zero-order chi connectivity index (χ0) is 19.6. The van der Waals surface area contributed by atoms with Gasteiger partial charge in [0.25, 0.3) is 0 Å². The maximum atomic E-state index is 13.3. The number of halogens is 1. The number of nitrogens with zero attached hydrogens (tertiary/aromatic N) is 2. The molecule has 0 bridgehead atoms. The molecule has 0 aromatic heterocycles. The molecule has 3 rings (SSSR count). The highest BCUT2D eigenvalue weighted by atomic mass is 32.2. The molecule has 1 N–H and O–H groups in total. The Morgan fingerprint density at radius 2 is 1.78 bits per heavy atom. The van der Waals surface area contributed by atoms with Crippen LogP contribution in [0.15, 0.2) is 47.4 Å². The van der Waals surface area contributed by atoms with E-state index in [1.807, 2.05) is 24.3 Å². The van der Waals surface area contributed by atoms with Gasteiger partial charge < -0.3 is 10.2 Å². The van der Waals surface area contributed by atoms with Crippen molar-refractivity contribution in [2.45, 2.75) is 18.7 Å². The standard InChI is InChI=1S/C19H22FN3O3S/c1-14-12-16(20)6-7-19(14)27(25,26)23-10-8-22(9-11-23)18-5-3-4-17(13-18)21-15(2)24/h3-7,12-13H,8-11H2,1-2H3,(H,21,24). The summed E-state index contributed by atoms with van der Waals surface area (Å²) in [5.74, 6) is -0.590. The molecule has 1 saturated heterocycles. The number of sulfonamides is 1. The molecule has 0 spiro atoms. The van der Waals surface area contributed by atoms with Crippen LogP contribution in [-0.2, 0) is 14.8 Å². The molecule has 0 unspecified atom stereocenters. The van der Waals surface area contributed by atoms with Crippen LogP contribution in [0.25, 0.3) is 0 Å². The van der Waals surface area contributed by atoms with Gasteiger partial charge in [-0.25, -0.2) is 12.8 Å². The molecule has 8 heteroatoms. The van der Waals surface area contributed by atoms with Crippen molar-refractivity contribution in [2.24, 2.45) is 0 Å². The number of carbonyl (C=O) groups is 1. The molecule has 1 fully saturated rings. The highest BCUT2D eigenvalue weighted by Crippen LogP contribution is 2.25. The molecule has 2 aromatic rings. The number of hydrogen-bond donors (Lipinski definition) is 1. The number of carbonyl (C=O) groups excluding carboxylic acids is 1. The molecule has 0 saturated carbocycles. The van der Waals surface area contributed by atoms with Gasteiger partial charge in [0, 0.05) is 44.5 Å². The first-order chi connectivity index (χ1) is 12.8. The molecule has 144 valence electrons. The summed E-state index contributed by atoms with van der Waals surface area (Å²) in [6, 6.07) is 11.2. The molecule has 1 amide bonds. The van der Waals surface area contributed by atoms with Crippen LogP contribution in [0.3, 0.4) is 0 Å². The van der Waals surface area contributed by atoms with Crippen molar-refractivity contribution < 1.29 is 17.6 Å². The van der Waals surface area contributed by atoms with Gasteiger partial charge in [-0.15, -0.1) is 0 Å². The van der Waals surface area contributed by atoms with Crippen molar-refractivity contribution in [1.29, 1.82) is 0 Å². The number of hydrogen-bond acceptors (Lipinski definition) is 4. The maximum Gasteiger partial charge on any atom is 0.243 e. The summed E-state index contributed by atoms with van der Waals surface area (Å²) in [5.41, 5.74) is 2.04. The fraction of sp³-hybridized carbons (Fsp3) is 0.316. The van der Waals surface area contributed by atoms with E-state index in [2.05, 4.69) is 10.2 Å². The molecule has 0 atom stereocenters. The van der Waals surface area contributed by atoms with Gasteiger partial charge in [-0.2, -0.15) is 4.31 Å². The summed E-state index contributed by atoms with van der Waals surface area (Å²) in [6.45, 7) is 4.78. The second-order valence-electron chi connectivity index (χ2n) is 6.53. The average Bonchev–Trinajstić information content (AvgIpc) is 2.61. The summed E-state index contributed by atoms with van der Waals surface area (Å²) in [5, 5.41) is 2.75. The Labute approximate surface area is 158 Å². The number of anilines is 2. The second kappa shape index (κ2) is 7.66. The van der Waals surface area contributed by atoms with E-state index in [9.17, 15) is 17.6 Å². The minimum atomic E-state index is -3.66. The van der Waals surface area contributed by atoms with E-state index >= 15 is 0 Å². The van der Waals surface area contributed by atoms with Crippen LogP contribution >= 0.6 is 0 Å². The molecular formula is C19H22FN3O3S. The quantitative estimate of drug-likeness (QED) is 0.870. The Bertz CT molecular complexity index is 954. The Morgan fingerprint density at radius 3 is 2.41 bits per heavy atom. The first-order valence-corrected chi connectivity index (χ1v) is 10.1. The van der Waals surface area contributed by atoms with Gasteiger partial charge in [-0.3, -0.25) is 4.79 Å². The van der Waals surface area contributed by atoms with E-state index < -0.39 is 15.8 Å². The lowest BCUT2D eigenvalue weighted by Crippen LogP contribution is -2.48. The zero-order valence-electron chi connectivity index (χ0n) is 15.3. The highest BCUT2D eigenvalue weighted by Gasteiger charge is 2.29. The number of aryl methyl sites for hydroxylation is 1. The summed E-state index contributed by atoms with van der Waals surface area (Å²) in [7, 11) is -3.66. The van der Waals surface area contributed by atoms with Crippen molar-refractivity contribution in [3.63, 3.8) is 0 Å². The normalized spacial score (nSPS) is 15.6. The van der Waals surface area contributed by atoms with Crippen molar-refractivity contribution >= 4 is 27.3 Å². The van der Waals surface area contributed by atoms with Crippen LogP contribution in [-0.4, -0.2) is 44.8 Å². The van der Waals surface area contributed by atoms with Crippen molar-refractivity contribution in [3.05, 3.63) is 53.8 Å². The van der Waals surface area contributed by atoms with Crippen LogP contribution < -0.4 is 10.2 Å². The third-order valence-electron chi connectivity index (χ3n) is 4.53. The Balaban J connectivity index is 1.72. The van der Waals surface area contributed by atoms with Gasteiger partial charge in [-0.05, 0) is 48.9 Å². The fourth-order valence-electron chi connectivity index (χ4n) is 3.21. The van der Waals surface area contributed by atoms with Crippen molar-refractivity contribution in [1.82, 2.24) is 4.31 Å². The smallest absolute Gasteiger partial charge is 0.243 e. The molecule has 0 aliphatic carbocycles. The molecular weight excluding hydrogens is 369 g/mol. The predicted molar refractivity (Wildman–Crippen MR) is 103 cm³/mol. The van der Waals surface area contributed by atoms with Gasteiger partial charge in [0.15, 0.2) is 0 Å². The highest BCUT2D eigenvalue weighted by molar-refractivity contribution is 7.89. The van der Waals surface area contributed by atoms with E-state index in [1.165, 1.54) is 29.4 Å². The minimum absolute atomic E-state index is 0.141. The summed E-state index contributed by atoms with van der Waals surface area (Å²) in [6.07, 6.45) is 0. The number of amides is 1. The number of rotatable bonds is 4. The van der Waals surface area contributed by atoms with Crippen molar-refractivity contribution in [3.8, 4) is 0 Å². The monoisotopic (exact) mass is 391 g/mol. The topological polar surface area (TPSA) is 69.7 Å². The van der Waals surface area contributed by atoms with Crippen molar-refractivity contribution in [2.75, 3.05) is 36.4 Å². The van der Waals surface area contributed by atoms with Crippen LogP contribution in [0.2, 0.25) is 0 Å².